The lowest BCUT2D eigenvalue weighted by Crippen LogP contribution is -2.28. The van der Waals surface area contributed by atoms with Gasteiger partial charge in [-0.1, -0.05) is 41.1 Å². The van der Waals surface area contributed by atoms with Crippen LogP contribution in [-0.4, -0.2) is 40.6 Å². The summed E-state index contributed by atoms with van der Waals surface area (Å²) in [6, 6.07) is 7.38. The van der Waals surface area contributed by atoms with Crippen molar-refractivity contribution in [2.24, 2.45) is 5.92 Å². The van der Waals surface area contributed by atoms with Crippen molar-refractivity contribution in [3.8, 4) is 0 Å². The van der Waals surface area contributed by atoms with Gasteiger partial charge in [0.25, 0.3) is 0 Å². The molecule has 25 heavy (non-hydrogen) atoms. The Bertz CT molecular complexity index is 782. The molecule has 0 saturated carbocycles. The molecule has 1 N–H and O–H groups in total. The first-order chi connectivity index (χ1) is 12.1. The zero-order valence-electron chi connectivity index (χ0n) is 13.6. The van der Waals surface area contributed by atoms with Crippen molar-refractivity contribution in [2.45, 2.75) is 19.6 Å². The van der Waals surface area contributed by atoms with Crippen LogP contribution in [0, 0.1) is 5.92 Å². The molecule has 2 amide bonds. The SMILES string of the molecule is COCc1nnc(NC(=O)[C@@H]2CC(=O)N(Cc3ccccc3Cl)C2)s1. The smallest absolute Gasteiger partial charge is 0.231 e. The van der Waals surface area contributed by atoms with Crippen molar-refractivity contribution in [3.05, 3.63) is 39.9 Å². The molecule has 1 atom stereocenters. The first-order valence-corrected chi connectivity index (χ1v) is 8.89. The molecular formula is C16H17ClN4O3S. The van der Waals surface area contributed by atoms with Crippen molar-refractivity contribution in [1.82, 2.24) is 15.1 Å². The zero-order chi connectivity index (χ0) is 17.8. The van der Waals surface area contributed by atoms with E-state index in [9.17, 15) is 9.59 Å². The molecule has 0 aliphatic carbocycles. The third kappa shape index (κ3) is 4.33. The molecule has 0 unspecified atom stereocenters. The van der Waals surface area contributed by atoms with Crippen LogP contribution in [0.4, 0.5) is 5.13 Å². The van der Waals surface area contributed by atoms with Gasteiger partial charge >= 0.3 is 0 Å². The van der Waals surface area contributed by atoms with E-state index in [0.29, 0.717) is 34.9 Å². The molecule has 3 rings (SSSR count). The van der Waals surface area contributed by atoms with Crippen LogP contribution in [0.5, 0.6) is 0 Å². The monoisotopic (exact) mass is 380 g/mol. The number of halogens is 1. The highest BCUT2D eigenvalue weighted by molar-refractivity contribution is 7.15. The van der Waals surface area contributed by atoms with Gasteiger partial charge in [-0.2, -0.15) is 0 Å². The molecule has 1 fully saturated rings. The number of ether oxygens (including phenoxy) is 1. The van der Waals surface area contributed by atoms with Gasteiger partial charge in [-0.05, 0) is 11.6 Å². The average Bonchev–Trinajstić information content (AvgIpc) is 3.17. The van der Waals surface area contributed by atoms with E-state index in [0.717, 1.165) is 5.56 Å². The molecule has 2 aromatic rings. The first kappa shape index (κ1) is 17.8. The van der Waals surface area contributed by atoms with Gasteiger partial charge in [0.15, 0.2) is 0 Å². The lowest BCUT2D eigenvalue weighted by atomic mass is 10.1. The maximum absolute atomic E-state index is 12.4. The first-order valence-electron chi connectivity index (χ1n) is 7.70. The molecule has 132 valence electrons. The summed E-state index contributed by atoms with van der Waals surface area (Å²) in [5.41, 5.74) is 0.868. The molecule has 1 aromatic heterocycles. The number of aromatic nitrogens is 2. The minimum atomic E-state index is -0.412. The number of hydrogen-bond acceptors (Lipinski definition) is 6. The molecule has 1 aliphatic rings. The minimum absolute atomic E-state index is 0.0580. The number of carbonyl (C=O) groups is 2. The zero-order valence-corrected chi connectivity index (χ0v) is 15.1. The lowest BCUT2D eigenvalue weighted by Gasteiger charge is -2.17. The number of benzene rings is 1. The van der Waals surface area contributed by atoms with Gasteiger partial charge in [0, 0.05) is 31.6 Å². The van der Waals surface area contributed by atoms with Gasteiger partial charge in [-0.15, -0.1) is 10.2 Å². The van der Waals surface area contributed by atoms with Crippen molar-refractivity contribution >= 4 is 39.9 Å². The summed E-state index contributed by atoms with van der Waals surface area (Å²) in [6.45, 7) is 1.11. The van der Waals surface area contributed by atoms with Gasteiger partial charge in [-0.25, -0.2) is 0 Å². The Hall–Kier alpha value is -2.03. The second-order valence-electron chi connectivity index (χ2n) is 5.69. The van der Waals surface area contributed by atoms with Crippen molar-refractivity contribution < 1.29 is 14.3 Å². The van der Waals surface area contributed by atoms with Crippen LogP contribution < -0.4 is 5.32 Å². The van der Waals surface area contributed by atoms with Crippen LogP contribution in [0.3, 0.4) is 0 Å². The molecule has 2 heterocycles. The maximum Gasteiger partial charge on any atom is 0.231 e. The molecule has 1 aromatic carbocycles. The van der Waals surface area contributed by atoms with Crippen LogP contribution >= 0.6 is 22.9 Å². The van der Waals surface area contributed by atoms with Crippen molar-refractivity contribution in [3.63, 3.8) is 0 Å². The van der Waals surface area contributed by atoms with E-state index in [1.807, 2.05) is 18.2 Å². The number of amides is 2. The largest absolute Gasteiger partial charge is 0.377 e. The summed E-state index contributed by atoms with van der Waals surface area (Å²) in [5, 5.41) is 12.3. The minimum Gasteiger partial charge on any atom is -0.377 e. The molecule has 1 aliphatic heterocycles. The maximum atomic E-state index is 12.4. The quantitative estimate of drug-likeness (QED) is 0.831. The van der Waals surface area contributed by atoms with Gasteiger partial charge in [-0.3, -0.25) is 9.59 Å². The molecule has 9 heteroatoms. The Morgan fingerprint density at radius 3 is 3.00 bits per heavy atom. The number of anilines is 1. The van der Waals surface area contributed by atoms with E-state index >= 15 is 0 Å². The van der Waals surface area contributed by atoms with Gasteiger partial charge < -0.3 is 15.0 Å². The van der Waals surface area contributed by atoms with Crippen LogP contribution in [-0.2, 0) is 27.5 Å². The van der Waals surface area contributed by atoms with E-state index in [4.69, 9.17) is 16.3 Å². The number of nitrogens with one attached hydrogen (secondary N) is 1. The van der Waals surface area contributed by atoms with Crippen molar-refractivity contribution in [1.29, 1.82) is 0 Å². The number of rotatable bonds is 6. The third-order valence-electron chi connectivity index (χ3n) is 3.87. The highest BCUT2D eigenvalue weighted by Gasteiger charge is 2.34. The Balaban J connectivity index is 1.59. The number of nitrogens with zero attached hydrogens (tertiary/aromatic N) is 3. The normalized spacial score (nSPS) is 17.1. The molecule has 0 spiro atoms. The molecule has 0 radical (unpaired) electrons. The van der Waals surface area contributed by atoms with Crippen LogP contribution in [0.25, 0.3) is 0 Å². The average molecular weight is 381 g/mol. The Labute approximate surface area is 153 Å². The van der Waals surface area contributed by atoms with E-state index in [1.165, 1.54) is 11.3 Å². The Morgan fingerprint density at radius 1 is 1.44 bits per heavy atom. The number of hydrogen-bond donors (Lipinski definition) is 1. The predicted octanol–water partition coefficient (Wildman–Crippen LogP) is 2.33. The molecule has 7 nitrogen and oxygen atoms in total. The number of methoxy groups -OCH3 is 1. The van der Waals surface area contributed by atoms with Crippen LogP contribution in [0.2, 0.25) is 5.02 Å². The van der Waals surface area contributed by atoms with E-state index in [1.54, 1.807) is 18.1 Å². The number of carbonyl (C=O) groups excluding carboxylic acids is 2. The fourth-order valence-corrected chi connectivity index (χ4v) is 3.54. The fourth-order valence-electron chi connectivity index (χ4n) is 2.63. The highest BCUT2D eigenvalue weighted by atomic mass is 35.5. The van der Waals surface area contributed by atoms with Crippen molar-refractivity contribution in [2.75, 3.05) is 19.0 Å². The summed E-state index contributed by atoms with van der Waals surface area (Å²) in [6.07, 6.45) is 0.181. The summed E-state index contributed by atoms with van der Waals surface area (Å²) in [7, 11) is 1.57. The molecule has 0 bridgehead atoms. The van der Waals surface area contributed by atoms with Gasteiger partial charge in [0.2, 0.25) is 16.9 Å². The summed E-state index contributed by atoms with van der Waals surface area (Å²) in [4.78, 5) is 26.2. The lowest BCUT2D eigenvalue weighted by molar-refractivity contribution is -0.128. The van der Waals surface area contributed by atoms with Crippen LogP contribution in [0.15, 0.2) is 24.3 Å². The topological polar surface area (TPSA) is 84.4 Å². The fraction of sp³-hybridized carbons (Fsp3) is 0.375. The second-order valence-corrected chi connectivity index (χ2v) is 7.16. The summed E-state index contributed by atoms with van der Waals surface area (Å²) in [5.74, 6) is -0.697. The second kappa shape index (κ2) is 7.90. The standard InChI is InChI=1S/C16H17ClN4O3S/c1-24-9-13-19-20-16(25-13)18-15(23)11-6-14(22)21(8-11)7-10-4-2-3-5-12(10)17/h2-5,11H,6-9H2,1H3,(H,18,20,23)/t11-/m1/s1. The molecular weight excluding hydrogens is 364 g/mol. The van der Waals surface area contributed by atoms with Crippen LogP contribution in [0.1, 0.15) is 17.0 Å². The summed E-state index contributed by atoms with van der Waals surface area (Å²) >= 11 is 7.40. The van der Waals surface area contributed by atoms with E-state index in [2.05, 4.69) is 15.5 Å². The third-order valence-corrected chi connectivity index (χ3v) is 5.05. The molecule has 1 saturated heterocycles. The van der Waals surface area contributed by atoms with Gasteiger partial charge in [0.05, 0.1) is 5.92 Å². The van der Waals surface area contributed by atoms with Gasteiger partial charge in [0.1, 0.15) is 11.6 Å². The van der Waals surface area contributed by atoms with E-state index in [-0.39, 0.29) is 18.2 Å². The number of likely N-dealkylation sites (tertiary alicyclic amines) is 1. The van der Waals surface area contributed by atoms with E-state index < -0.39 is 5.92 Å². The highest BCUT2D eigenvalue weighted by Crippen LogP contribution is 2.25. The Morgan fingerprint density at radius 2 is 2.24 bits per heavy atom. The Kier molecular flexibility index (Phi) is 5.62. The predicted molar refractivity (Wildman–Crippen MR) is 94.2 cm³/mol. The summed E-state index contributed by atoms with van der Waals surface area (Å²) < 4.78 is 4.97.